The standard InChI is InChI=1S/C26H35NO7/c1-17(13-16-28)19-20(27-22(31)33-23(2,3)4)26(21(29)30,34-24(5,6)7)15-14-25(19,32)18-11-9-8-10-12-18/h8-12,14-17,32H,13H2,1-7H3,(H,27,31)(H,29,30). The normalized spacial score (nSPS) is 23.9. The number of hydrogen-bond acceptors (Lipinski definition) is 6. The lowest BCUT2D eigenvalue weighted by Gasteiger charge is -2.44. The lowest BCUT2D eigenvalue weighted by atomic mass is 9.70. The molecule has 8 nitrogen and oxygen atoms in total. The molecule has 186 valence electrons. The van der Waals surface area contributed by atoms with Gasteiger partial charge in [0.15, 0.2) is 0 Å². The van der Waals surface area contributed by atoms with E-state index in [9.17, 15) is 24.6 Å². The van der Waals surface area contributed by atoms with Crippen LogP contribution in [0.1, 0.15) is 60.5 Å². The molecule has 0 saturated carbocycles. The van der Waals surface area contributed by atoms with Crippen molar-refractivity contribution in [2.75, 3.05) is 0 Å². The van der Waals surface area contributed by atoms with Crippen LogP contribution in [0.3, 0.4) is 0 Å². The number of carbonyl (C=O) groups excluding carboxylic acids is 2. The molecular weight excluding hydrogens is 438 g/mol. The van der Waals surface area contributed by atoms with Crippen LogP contribution >= 0.6 is 0 Å². The fourth-order valence-electron chi connectivity index (χ4n) is 3.99. The van der Waals surface area contributed by atoms with Crippen molar-refractivity contribution in [3.8, 4) is 0 Å². The number of ether oxygens (including phenoxy) is 2. The number of nitrogens with one attached hydrogen (secondary N) is 1. The number of carbonyl (C=O) groups is 3. The Balaban J connectivity index is 2.90. The highest BCUT2D eigenvalue weighted by Gasteiger charge is 2.54. The zero-order chi connectivity index (χ0) is 25.9. The zero-order valence-electron chi connectivity index (χ0n) is 20.8. The molecule has 8 heteroatoms. The van der Waals surface area contributed by atoms with Crippen molar-refractivity contribution < 1.29 is 34.1 Å². The van der Waals surface area contributed by atoms with E-state index in [4.69, 9.17) is 9.47 Å². The predicted molar refractivity (Wildman–Crippen MR) is 127 cm³/mol. The van der Waals surface area contributed by atoms with Crippen LogP contribution in [0.25, 0.3) is 0 Å². The second kappa shape index (κ2) is 9.72. The van der Waals surface area contributed by atoms with Crippen molar-refractivity contribution in [2.45, 2.75) is 77.3 Å². The molecule has 1 aliphatic rings. The van der Waals surface area contributed by atoms with Gasteiger partial charge in [0, 0.05) is 6.42 Å². The van der Waals surface area contributed by atoms with E-state index in [1.54, 1.807) is 78.8 Å². The van der Waals surface area contributed by atoms with E-state index in [1.165, 1.54) is 12.2 Å². The van der Waals surface area contributed by atoms with E-state index >= 15 is 0 Å². The quantitative estimate of drug-likeness (QED) is 0.403. The summed E-state index contributed by atoms with van der Waals surface area (Å²) in [7, 11) is 0. The molecule has 0 aromatic heterocycles. The van der Waals surface area contributed by atoms with Gasteiger partial charge >= 0.3 is 12.1 Å². The third-order valence-corrected chi connectivity index (χ3v) is 5.18. The molecule has 1 amide bonds. The maximum Gasteiger partial charge on any atom is 0.412 e. The van der Waals surface area contributed by atoms with Crippen LogP contribution < -0.4 is 5.32 Å². The Morgan fingerprint density at radius 2 is 1.65 bits per heavy atom. The predicted octanol–water partition coefficient (Wildman–Crippen LogP) is 4.09. The second-order valence-corrected chi connectivity index (χ2v) is 10.4. The zero-order valence-corrected chi connectivity index (χ0v) is 20.8. The average Bonchev–Trinajstić information content (AvgIpc) is 2.68. The van der Waals surface area contributed by atoms with Crippen LogP contribution in [-0.2, 0) is 24.7 Å². The number of benzene rings is 1. The van der Waals surface area contributed by atoms with Gasteiger partial charge in [-0.1, -0.05) is 37.3 Å². The minimum absolute atomic E-state index is 0.0248. The maximum atomic E-state index is 12.9. The van der Waals surface area contributed by atoms with Gasteiger partial charge in [-0.25, -0.2) is 9.59 Å². The summed E-state index contributed by atoms with van der Waals surface area (Å²) in [5.41, 5.74) is -5.40. The van der Waals surface area contributed by atoms with Gasteiger partial charge in [-0.2, -0.15) is 0 Å². The van der Waals surface area contributed by atoms with Gasteiger partial charge in [0.25, 0.3) is 0 Å². The summed E-state index contributed by atoms with van der Waals surface area (Å²) in [5, 5.41) is 24.9. The first-order valence-corrected chi connectivity index (χ1v) is 11.2. The molecule has 0 spiro atoms. The number of aliphatic carboxylic acids is 1. The topological polar surface area (TPSA) is 122 Å². The highest BCUT2D eigenvalue weighted by Crippen LogP contribution is 2.46. The molecule has 1 aliphatic carbocycles. The molecule has 0 saturated heterocycles. The van der Waals surface area contributed by atoms with E-state index < -0.39 is 40.4 Å². The van der Waals surface area contributed by atoms with E-state index in [2.05, 4.69) is 5.32 Å². The number of aldehydes is 1. The Morgan fingerprint density at radius 3 is 2.12 bits per heavy atom. The van der Waals surface area contributed by atoms with Gasteiger partial charge in [-0.3, -0.25) is 5.32 Å². The first-order valence-electron chi connectivity index (χ1n) is 11.2. The summed E-state index contributed by atoms with van der Waals surface area (Å²) in [6.45, 7) is 11.8. The number of rotatable bonds is 7. The number of amides is 1. The summed E-state index contributed by atoms with van der Waals surface area (Å²) in [6.07, 6.45) is 2.33. The minimum atomic E-state index is -2.15. The van der Waals surface area contributed by atoms with Crippen molar-refractivity contribution in [1.82, 2.24) is 5.32 Å². The summed E-state index contributed by atoms with van der Waals surface area (Å²) < 4.78 is 11.4. The molecule has 0 heterocycles. The highest BCUT2D eigenvalue weighted by molar-refractivity contribution is 5.88. The maximum absolute atomic E-state index is 12.9. The van der Waals surface area contributed by atoms with Crippen molar-refractivity contribution >= 4 is 18.3 Å². The van der Waals surface area contributed by atoms with E-state index in [1.807, 2.05) is 0 Å². The second-order valence-electron chi connectivity index (χ2n) is 10.4. The number of carboxylic acid groups (broad SMARTS) is 1. The van der Waals surface area contributed by atoms with Crippen molar-refractivity contribution in [1.29, 1.82) is 0 Å². The summed E-state index contributed by atoms with van der Waals surface area (Å²) in [6, 6.07) is 8.61. The SMILES string of the molecule is CC(CC=O)C1=C(NC(=O)OC(C)(C)C)C(OC(C)(C)C)(C(=O)O)C=CC1(O)c1ccccc1. The van der Waals surface area contributed by atoms with Crippen LogP contribution in [0, 0.1) is 5.92 Å². The Labute approximate surface area is 200 Å². The number of carboxylic acids is 1. The average molecular weight is 474 g/mol. The van der Waals surface area contributed by atoms with Crippen LogP contribution in [-0.4, -0.2) is 45.4 Å². The molecular formula is C26H35NO7. The minimum Gasteiger partial charge on any atom is -0.479 e. The molecule has 0 aliphatic heterocycles. The van der Waals surface area contributed by atoms with Gasteiger partial charge < -0.3 is 24.5 Å². The monoisotopic (exact) mass is 473 g/mol. The first-order chi connectivity index (χ1) is 15.6. The summed E-state index contributed by atoms with van der Waals surface area (Å²) >= 11 is 0. The van der Waals surface area contributed by atoms with Gasteiger partial charge in [0.2, 0.25) is 5.60 Å². The van der Waals surface area contributed by atoms with Crippen molar-refractivity contribution in [3.05, 3.63) is 59.3 Å². The summed E-state index contributed by atoms with van der Waals surface area (Å²) in [4.78, 5) is 37.1. The Bertz CT molecular complexity index is 985. The molecule has 3 atom stereocenters. The fourth-order valence-corrected chi connectivity index (χ4v) is 3.99. The Kier molecular flexibility index (Phi) is 7.80. The van der Waals surface area contributed by atoms with Crippen molar-refractivity contribution in [3.63, 3.8) is 0 Å². The lowest BCUT2D eigenvalue weighted by Crippen LogP contribution is -2.56. The highest BCUT2D eigenvalue weighted by atomic mass is 16.6. The largest absolute Gasteiger partial charge is 0.479 e. The van der Waals surface area contributed by atoms with Gasteiger partial charge in [0.05, 0.1) is 11.3 Å². The van der Waals surface area contributed by atoms with Crippen molar-refractivity contribution in [2.24, 2.45) is 5.92 Å². The molecule has 2 rings (SSSR count). The van der Waals surface area contributed by atoms with Crippen LogP contribution in [0.5, 0.6) is 0 Å². The van der Waals surface area contributed by atoms with Crippen LogP contribution in [0.2, 0.25) is 0 Å². The van der Waals surface area contributed by atoms with Gasteiger partial charge in [0.1, 0.15) is 17.5 Å². The molecule has 0 fully saturated rings. The molecule has 0 bridgehead atoms. The molecule has 0 radical (unpaired) electrons. The number of hydrogen-bond donors (Lipinski definition) is 3. The Morgan fingerprint density at radius 1 is 1.06 bits per heavy atom. The Hall–Kier alpha value is -2.97. The van der Waals surface area contributed by atoms with Crippen LogP contribution in [0.4, 0.5) is 4.79 Å². The third kappa shape index (κ3) is 5.93. The van der Waals surface area contributed by atoms with E-state index in [0.29, 0.717) is 11.8 Å². The van der Waals surface area contributed by atoms with Gasteiger partial charge in [-0.15, -0.1) is 0 Å². The molecule has 34 heavy (non-hydrogen) atoms. The van der Waals surface area contributed by atoms with Crippen LogP contribution in [0.15, 0.2) is 53.8 Å². The first kappa shape index (κ1) is 27.3. The smallest absolute Gasteiger partial charge is 0.412 e. The van der Waals surface area contributed by atoms with Gasteiger partial charge in [-0.05, 0) is 70.7 Å². The molecule has 3 N–H and O–H groups in total. The van der Waals surface area contributed by atoms with E-state index in [0.717, 1.165) is 0 Å². The lowest BCUT2D eigenvalue weighted by molar-refractivity contribution is -0.169. The number of aliphatic hydroxyl groups is 1. The summed E-state index contributed by atoms with van der Waals surface area (Å²) in [5.74, 6) is -2.05. The van der Waals surface area contributed by atoms with E-state index in [-0.39, 0.29) is 17.7 Å². The molecule has 1 aromatic rings. The third-order valence-electron chi connectivity index (χ3n) is 5.18. The molecule has 3 unspecified atom stereocenters. The fraction of sp³-hybridized carbons (Fsp3) is 0.500. The number of alkyl carbamates (subject to hydrolysis) is 1. The molecule has 1 aromatic carbocycles.